The Morgan fingerprint density at radius 2 is 2.17 bits per heavy atom. The van der Waals surface area contributed by atoms with E-state index in [0.29, 0.717) is 12.5 Å². The van der Waals surface area contributed by atoms with Crippen LogP contribution in [0, 0.1) is 5.82 Å². The van der Waals surface area contributed by atoms with E-state index in [2.05, 4.69) is 4.98 Å². The zero-order valence-corrected chi connectivity index (χ0v) is 11.3. The van der Waals surface area contributed by atoms with Crippen LogP contribution in [0.5, 0.6) is 5.88 Å². The number of thioether (sulfide) groups is 1. The third-order valence-electron chi connectivity index (χ3n) is 2.31. The van der Waals surface area contributed by atoms with E-state index >= 15 is 0 Å². The average Bonchev–Trinajstić information content (AvgIpc) is 2.40. The number of benzene rings is 1. The zero-order chi connectivity index (χ0) is 13.0. The summed E-state index contributed by atoms with van der Waals surface area (Å²) in [5.74, 6) is 0.116. The van der Waals surface area contributed by atoms with Gasteiger partial charge in [-0.05, 0) is 30.0 Å². The van der Waals surface area contributed by atoms with Crippen molar-refractivity contribution < 1.29 is 9.13 Å². The van der Waals surface area contributed by atoms with Gasteiger partial charge in [-0.25, -0.2) is 9.37 Å². The van der Waals surface area contributed by atoms with Gasteiger partial charge in [0.15, 0.2) is 0 Å². The number of nitrogens with zero attached hydrogens (tertiary/aromatic N) is 1. The second-order valence-electron chi connectivity index (χ2n) is 3.57. The molecule has 0 N–H and O–H groups in total. The van der Waals surface area contributed by atoms with Gasteiger partial charge < -0.3 is 4.74 Å². The molecule has 0 aliphatic heterocycles. The Labute approximate surface area is 114 Å². The van der Waals surface area contributed by atoms with Crippen molar-refractivity contribution in [1.29, 1.82) is 0 Å². The Balaban J connectivity index is 2.04. The Hall–Kier alpha value is -1.26. The molecule has 5 heteroatoms. The molecular formula is C13H11ClFNOS. The lowest BCUT2D eigenvalue weighted by molar-refractivity contribution is 0.293. The van der Waals surface area contributed by atoms with Crippen LogP contribution in [0.4, 0.5) is 4.39 Å². The van der Waals surface area contributed by atoms with Gasteiger partial charge in [-0.1, -0.05) is 17.7 Å². The number of ether oxygens (including phenoxy) is 1. The highest BCUT2D eigenvalue weighted by atomic mass is 35.5. The minimum atomic E-state index is -0.428. The van der Waals surface area contributed by atoms with Gasteiger partial charge in [0.25, 0.3) is 0 Å². The van der Waals surface area contributed by atoms with Gasteiger partial charge in [0.1, 0.15) is 12.4 Å². The summed E-state index contributed by atoms with van der Waals surface area (Å²) in [4.78, 5) is 5.18. The molecule has 1 aromatic carbocycles. The van der Waals surface area contributed by atoms with E-state index in [4.69, 9.17) is 16.3 Å². The monoisotopic (exact) mass is 283 g/mol. The van der Waals surface area contributed by atoms with Crippen molar-refractivity contribution in [3.05, 3.63) is 52.9 Å². The van der Waals surface area contributed by atoms with E-state index in [9.17, 15) is 4.39 Å². The minimum absolute atomic E-state index is 0.0990. The molecule has 0 unspecified atom stereocenters. The van der Waals surface area contributed by atoms with Crippen molar-refractivity contribution in [2.45, 2.75) is 11.5 Å². The van der Waals surface area contributed by atoms with Crippen LogP contribution in [0.25, 0.3) is 0 Å². The molecule has 2 aromatic rings. The van der Waals surface area contributed by atoms with Gasteiger partial charge in [0, 0.05) is 17.2 Å². The van der Waals surface area contributed by atoms with Crippen LogP contribution in [0.2, 0.25) is 5.02 Å². The van der Waals surface area contributed by atoms with E-state index in [-0.39, 0.29) is 5.02 Å². The Bertz CT molecular complexity index is 550. The number of hydrogen-bond donors (Lipinski definition) is 0. The van der Waals surface area contributed by atoms with Crippen molar-refractivity contribution in [2.24, 2.45) is 0 Å². The van der Waals surface area contributed by atoms with Gasteiger partial charge in [-0.2, -0.15) is 0 Å². The summed E-state index contributed by atoms with van der Waals surface area (Å²) in [6.07, 6.45) is 3.68. The van der Waals surface area contributed by atoms with Crippen LogP contribution < -0.4 is 4.74 Å². The number of aromatic nitrogens is 1. The summed E-state index contributed by atoms with van der Waals surface area (Å²) in [5.41, 5.74) is 0.803. The maximum atomic E-state index is 13.0. The first-order chi connectivity index (χ1) is 8.69. The molecule has 0 saturated heterocycles. The van der Waals surface area contributed by atoms with Crippen molar-refractivity contribution in [3.8, 4) is 5.88 Å². The summed E-state index contributed by atoms with van der Waals surface area (Å²) in [6.45, 7) is 0.310. The van der Waals surface area contributed by atoms with Gasteiger partial charge in [0.05, 0.1) is 5.02 Å². The van der Waals surface area contributed by atoms with E-state index in [1.54, 1.807) is 30.1 Å². The predicted molar refractivity (Wildman–Crippen MR) is 71.8 cm³/mol. The summed E-state index contributed by atoms with van der Waals surface area (Å²) in [5, 5.41) is 0.0990. The zero-order valence-electron chi connectivity index (χ0n) is 9.69. The first kappa shape index (κ1) is 13.2. The lowest BCUT2D eigenvalue weighted by atomic mass is 10.2. The summed E-state index contributed by atoms with van der Waals surface area (Å²) >= 11 is 7.31. The van der Waals surface area contributed by atoms with Crippen molar-refractivity contribution in [1.82, 2.24) is 4.98 Å². The van der Waals surface area contributed by atoms with Gasteiger partial charge in [-0.3, -0.25) is 0 Å². The molecule has 0 aliphatic rings. The highest BCUT2D eigenvalue weighted by molar-refractivity contribution is 7.98. The number of halogens is 2. The van der Waals surface area contributed by atoms with Crippen LogP contribution in [0.15, 0.2) is 41.4 Å². The number of hydrogen-bond acceptors (Lipinski definition) is 3. The molecule has 0 radical (unpaired) electrons. The molecule has 0 spiro atoms. The highest BCUT2D eigenvalue weighted by Gasteiger charge is 2.03. The predicted octanol–water partition coefficient (Wildman–Crippen LogP) is 4.18. The third kappa shape index (κ3) is 3.37. The molecule has 2 rings (SSSR count). The largest absolute Gasteiger partial charge is 0.473 e. The molecule has 0 atom stereocenters. The SMILES string of the molecule is CSc1ccnc(OCc2ccc(F)c(Cl)c2)c1. The van der Waals surface area contributed by atoms with Crippen LogP contribution in [-0.4, -0.2) is 11.2 Å². The molecule has 2 nitrogen and oxygen atoms in total. The first-order valence-electron chi connectivity index (χ1n) is 5.26. The lowest BCUT2D eigenvalue weighted by Gasteiger charge is -2.06. The van der Waals surface area contributed by atoms with E-state index in [0.717, 1.165) is 10.5 Å². The van der Waals surface area contributed by atoms with Crippen molar-refractivity contribution in [2.75, 3.05) is 6.26 Å². The smallest absolute Gasteiger partial charge is 0.214 e. The number of rotatable bonds is 4. The van der Waals surface area contributed by atoms with Gasteiger partial charge in [-0.15, -0.1) is 11.8 Å². The second kappa shape index (κ2) is 6.07. The van der Waals surface area contributed by atoms with Crippen molar-refractivity contribution >= 4 is 23.4 Å². The van der Waals surface area contributed by atoms with E-state index in [1.807, 2.05) is 18.4 Å². The molecule has 18 heavy (non-hydrogen) atoms. The Morgan fingerprint density at radius 3 is 2.89 bits per heavy atom. The lowest BCUT2D eigenvalue weighted by Crippen LogP contribution is -1.97. The van der Waals surface area contributed by atoms with Crippen LogP contribution in [0.3, 0.4) is 0 Å². The van der Waals surface area contributed by atoms with Gasteiger partial charge in [0.2, 0.25) is 5.88 Å². The highest BCUT2D eigenvalue weighted by Crippen LogP contribution is 2.20. The quantitative estimate of drug-likeness (QED) is 0.786. The summed E-state index contributed by atoms with van der Waals surface area (Å²) in [6, 6.07) is 8.28. The maximum absolute atomic E-state index is 13.0. The minimum Gasteiger partial charge on any atom is -0.473 e. The maximum Gasteiger partial charge on any atom is 0.214 e. The fourth-order valence-electron chi connectivity index (χ4n) is 1.38. The molecule has 94 valence electrons. The Morgan fingerprint density at radius 1 is 1.33 bits per heavy atom. The fourth-order valence-corrected chi connectivity index (χ4v) is 2.00. The molecule has 0 aliphatic carbocycles. The standard InChI is InChI=1S/C13H11ClFNOS/c1-18-10-4-5-16-13(7-10)17-8-9-2-3-12(15)11(14)6-9/h2-7H,8H2,1H3. The fraction of sp³-hybridized carbons (Fsp3) is 0.154. The summed E-state index contributed by atoms with van der Waals surface area (Å²) in [7, 11) is 0. The Kier molecular flexibility index (Phi) is 4.44. The average molecular weight is 284 g/mol. The molecule has 0 bridgehead atoms. The van der Waals surface area contributed by atoms with E-state index in [1.165, 1.54) is 6.07 Å². The van der Waals surface area contributed by atoms with Crippen LogP contribution in [0.1, 0.15) is 5.56 Å². The normalized spacial score (nSPS) is 10.4. The third-order valence-corrected chi connectivity index (χ3v) is 3.33. The van der Waals surface area contributed by atoms with Crippen LogP contribution >= 0.6 is 23.4 Å². The number of pyridine rings is 1. The van der Waals surface area contributed by atoms with Gasteiger partial charge >= 0.3 is 0 Å². The van der Waals surface area contributed by atoms with Crippen LogP contribution in [-0.2, 0) is 6.61 Å². The topological polar surface area (TPSA) is 22.1 Å². The molecule has 1 aromatic heterocycles. The molecule has 1 heterocycles. The first-order valence-corrected chi connectivity index (χ1v) is 6.86. The van der Waals surface area contributed by atoms with Crippen molar-refractivity contribution in [3.63, 3.8) is 0 Å². The second-order valence-corrected chi connectivity index (χ2v) is 4.86. The summed E-state index contributed by atoms with van der Waals surface area (Å²) < 4.78 is 18.5. The molecular weight excluding hydrogens is 273 g/mol. The molecule has 0 saturated carbocycles. The van der Waals surface area contributed by atoms with E-state index < -0.39 is 5.82 Å². The molecule has 0 amide bonds. The molecule has 0 fully saturated rings.